The number of nitrogens with one attached hydrogen (secondary N) is 6. The van der Waals surface area contributed by atoms with Crippen LogP contribution in [0.5, 0.6) is 0 Å². The molecule has 0 radical (unpaired) electrons. The van der Waals surface area contributed by atoms with Crippen LogP contribution in [-0.2, 0) is 43.2 Å². The van der Waals surface area contributed by atoms with Crippen molar-refractivity contribution < 1.29 is 58.5 Å². The number of aliphatic imine (C=N–C) groups is 1. The average molecular weight is 863 g/mol. The molecule has 58 heavy (non-hydrogen) atoms. The first kappa shape index (κ1) is 49.2. The van der Waals surface area contributed by atoms with Gasteiger partial charge in [0.2, 0.25) is 41.4 Å². The van der Waals surface area contributed by atoms with E-state index >= 15 is 0 Å². The molecule has 0 aromatic rings. The number of guanidine groups is 1. The van der Waals surface area contributed by atoms with E-state index < -0.39 is 115 Å². The number of unbranched alkanes of at least 4 members (excludes halogenated alkanes) is 1. The number of hydrogen-bond acceptors (Lipinski definition) is 15. The van der Waals surface area contributed by atoms with Gasteiger partial charge in [-0.3, -0.25) is 43.3 Å². The fourth-order valence-corrected chi connectivity index (χ4v) is 8.01. The second-order valence-corrected chi connectivity index (χ2v) is 15.9. The van der Waals surface area contributed by atoms with Crippen molar-refractivity contribution in [2.24, 2.45) is 27.9 Å². The minimum atomic E-state index is -1.80. The van der Waals surface area contributed by atoms with Gasteiger partial charge >= 0.3 is 11.9 Å². The van der Waals surface area contributed by atoms with E-state index in [9.17, 15) is 58.5 Å². The number of aliphatic hydroxyl groups is 1. The number of carboxylic acids is 2. The summed E-state index contributed by atoms with van der Waals surface area (Å²) in [5.74, 6) is -9.69. The zero-order chi connectivity index (χ0) is 43.4. The summed E-state index contributed by atoms with van der Waals surface area (Å²) in [7, 11) is 2.06. The van der Waals surface area contributed by atoms with Crippen molar-refractivity contribution in [1.29, 1.82) is 0 Å². The van der Waals surface area contributed by atoms with Gasteiger partial charge in [0.15, 0.2) is 5.96 Å². The van der Waals surface area contributed by atoms with Crippen LogP contribution < -0.4 is 54.8 Å². The first-order valence-electron chi connectivity index (χ1n) is 18.4. The van der Waals surface area contributed by atoms with E-state index in [1.165, 1.54) is 0 Å². The molecule has 2 aliphatic rings. The third-order valence-electron chi connectivity index (χ3n) is 8.76. The van der Waals surface area contributed by atoms with Gasteiger partial charge in [-0.15, -0.1) is 0 Å². The largest absolute Gasteiger partial charge is 0.481 e. The van der Waals surface area contributed by atoms with Gasteiger partial charge in [0.1, 0.15) is 36.3 Å². The van der Waals surface area contributed by atoms with Crippen LogP contribution in [0.1, 0.15) is 51.4 Å². The zero-order valence-corrected chi connectivity index (χ0v) is 33.3. The van der Waals surface area contributed by atoms with E-state index in [1.54, 1.807) is 0 Å². The smallest absolute Gasteiger partial charge is 0.326 e. The first-order chi connectivity index (χ1) is 27.5. The lowest BCUT2D eigenvalue weighted by atomic mass is 10.1. The minimum absolute atomic E-state index is 0.00277. The third kappa shape index (κ3) is 16.9. The molecule has 17 N–H and O–H groups in total. The lowest BCUT2D eigenvalue weighted by Gasteiger charge is -2.30. The second-order valence-electron chi connectivity index (χ2n) is 13.3. The minimum Gasteiger partial charge on any atom is -0.481 e. The highest BCUT2D eigenvalue weighted by Gasteiger charge is 2.40. The van der Waals surface area contributed by atoms with Gasteiger partial charge in [-0.05, 0) is 51.5 Å². The van der Waals surface area contributed by atoms with Crippen molar-refractivity contribution in [3.8, 4) is 0 Å². The molecule has 0 saturated carbocycles. The van der Waals surface area contributed by atoms with Gasteiger partial charge in [0.05, 0.1) is 25.6 Å². The number of hydrogen-bond donors (Lipinski definition) is 13. The molecule has 2 aliphatic heterocycles. The van der Waals surface area contributed by atoms with Crippen molar-refractivity contribution >= 4 is 80.8 Å². The molecule has 7 atom stereocenters. The molecule has 0 aromatic heterocycles. The molecule has 2 saturated heterocycles. The van der Waals surface area contributed by atoms with Crippen LogP contribution in [0.3, 0.4) is 0 Å². The highest BCUT2D eigenvalue weighted by atomic mass is 33.1. The van der Waals surface area contributed by atoms with E-state index in [4.69, 9.17) is 22.9 Å². The van der Waals surface area contributed by atoms with Gasteiger partial charge in [-0.1, -0.05) is 21.6 Å². The Morgan fingerprint density at radius 3 is 2.21 bits per heavy atom. The number of carbonyl (C=O) groups excluding carboxylic acids is 7. The maximum Gasteiger partial charge on any atom is 0.326 e. The molecule has 7 amide bonds. The zero-order valence-electron chi connectivity index (χ0n) is 31.7. The molecule has 0 aromatic carbocycles. The van der Waals surface area contributed by atoms with Crippen LogP contribution in [0.15, 0.2) is 4.99 Å². The summed E-state index contributed by atoms with van der Waals surface area (Å²) in [4.78, 5) is 122. The number of carboxylic acid groups (broad SMARTS) is 2. The van der Waals surface area contributed by atoms with Crippen LogP contribution in [-0.4, -0.2) is 166 Å². The molecule has 0 spiro atoms. The van der Waals surface area contributed by atoms with Crippen molar-refractivity contribution in [2.75, 3.05) is 44.3 Å². The Bertz CT molecular complexity index is 1520. The van der Waals surface area contributed by atoms with Gasteiger partial charge in [-0.25, -0.2) is 4.79 Å². The summed E-state index contributed by atoms with van der Waals surface area (Å²) >= 11 is 0. The highest BCUT2D eigenvalue weighted by molar-refractivity contribution is 8.76. The van der Waals surface area contributed by atoms with Crippen molar-refractivity contribution in [3.63, 3.8) is 0 Å². The standard InChI is InChI=1S/C32H54N12O12S2/c33-8-2-1-5-18(31(55)56)41-28(52)21-15-58-57-14-16(34)25(49)40-17(6-3-9-37-32(35)36)26(50)38-12-23(46)39-19(11-24(47)48)27(51)42-20(13-45)30(54)44-10-4-7-22(44)29(53)43-21/h16-22,45H,1-15,33-34H2,(H,38,50)(H,39,46)(H,40,49)(H,41,52)(H,42,51)(H,43,53)(H,47,48)(H,55,56)(H4,35,36,37)/t16-,17+,18+,19+,20+,21+,22+/m1/s1. The summed E-state index contributed by atoms with van der Waals surface area (Å²) < 4.78 is 0. The molecule has 0 aliphatic carbocycles. The molecule has 0 bridgehead atoms. The fraction of sp³-hybridized carbons (Fsp3) is 0.688. The molecule has 26 heteroatoms. The summed E-state index contributed by atoms with van der Waals surface area (Å²) in [6, 6.07) is -9.85. The molecule has 2 fully saturated rings. The van der Waals surface area contributed by atoms with Crippen LogP contribution >= 0.6 is 21.6 Å². The predicted octanol–water partition coefficient (Wildman–Crippen LogP) is -6.03. The highest BCUT2D eigenvalue weighted by Crippen LogP contribution is 2.24. The maximum absolute atomic E-state index is 13.7. The van der Waals surface area contributed by atoms with Crippen molar-refractivity contribution in [1.82, 2.24) is 36.8 Å². The fourth-order valence-electron chi connectivity index (χ4n) is 5.72. The molecule has 2 heterocycles. The van der Waals surface area contributed by atoms with E-state index in [-0.39, 0.29) is 56.2 Å². The molecule has 326 valence electrons. The third-order valence-corrected chi connectivity index (χ3v) is 11.2. The normalized spacial score (nSPS) is 25.1. The van der Waals surface area contributed by atoms with Gasteiger partial charge in [-0.2, -0.15) is 0 Å². The Balaban J connectivity index is 2.45. The van der Waals surface area contributed by atoms with Crippen molar-refractivity contribution in [3.05, 3.63) is 0 Å². The SMILES string of the molecule is NCCCC[C@H](NC(=O)[C@@H]1CSSC[C@@H](N)C(=O)N[C@@H](CCCN=C(N)N)C(=O)NCC(=O)N[C@@H](CC(=O)O)C(=O)N[C@@H](CO)C(=O)N2CCC[C@H]2C(=O)N1)C(=O)O. The van der Waals surface area contributed by atoms with Crippen molar-refractivity contribution in [2.45, 2.75) is 93.7 Å². The average Bonchev–Trinajstić information content (AvgIpc) is 3.67. The number of nitrogens with two attached hydrogens (primary N) is 4. The molecular formula is C32H54N12O12S2. The monoisotopic (exact) mass is 862 g/mol. The number of rotatable bonds is 14. The second kappa shape index (κ2) is 25.4. The molecule has 24 nitrogen and oxygen atoms in total. The number of aliphatic carboxylic acids is 2. The van der Waals surface area contributed by atoms with Crippen LogP contribution in [0.2, 0.25) is 0 Å². The quantitative estimate of drug-likeness (QED) is 0.0334. The summed E-state index contributed by atoms with van der Waals surface area (Å²) in [5, 5.41) is 43.5. The predicted molar refractivity (Wildman–Crippen MR) is 210 cm³/mol. The van der Waals surface area contributed by atoms with Crippen LogP contribution in [0.4, 0.5) is 0 Å². The molecule has 2 rings (SSSR count). The van der Waals surface area contributed by atoms with E-state index in [0.717, 1.165) is 26.5 Å². The lowest BCUT2D eigenvalue weighted by molar-refractivity contribution is -0.144. The van der Waals surface area contributed by atoms with Gasteiger partial charge < -0.3 is 75.1 Å². The number of amides is 7. The van der Waals surface area contributed by atoms with Crippen LogP contribution in [0, 0.1) is 0 Å². The number of aliphatic hydroxyl groups excluding tert-OH is 1. The number of carbonyl (C=O) groups is 9. The van der Waals surface area contributed by atoms with E-state index in [2.05, 4.69) is 36.9 Å². The van der Waals surface area contributed by atoms with Gasteiger partial charge in [0.25, 0.3) is 0 Å². The Kier molecular flexibility index (Phi) is 21.6. The summed E-state index contributed by atoms with van der Waals surface area (Å²) in [6.45, 7) is -1.38. The Morgan fingerprint density at radius 2 is 1.57 bits per heavy atom. The van der Waals surface area contributed by atoms with E-state index in [0.29, 0.717) is 25.8 Å². The molecule has 0 unspecified atom stereocenters. The molecular weight excluding hydrogens is 809 g/mol. The Labute approximate surface area is 341 Å². The number of fused-ring (bicyclic) bond motifs is 1. The Hall–Kier alpha value is -4.92. The van der Waals surface area contributed by atoms with Crippen LogP contribution in [0.25, 0.3) is 0 Å². The maximum atomic E-state index is 13.7. The summed E-state index contributed by atoms with van der Waals surface area (Å²) in [6.07, 6.45) is 0.551. The number of nitrogens with zero attached hydrogens (tertiary/aromatic N) is 2. The summed E-state index contributed by atoms with van der Waals surface area (Å²) in [5.41, 5.74) is 22.3. The first-order valence-corrected chi connectivity index (χ1v) is 20.9. The Morgan fingerprint density at radius 1 is 0.879 bits per heavy atom. The van der Waals surface area contributed by atoms with Gasteiger partial charge in [0, 0.05) is 24.6 Å². The lowest BCUT2D eigenvalue weighted by Crippen LogP contribution is -2.60. The topological polar surface area (TPSA) is 406 Å². The van der Waals surface area contributed by atoms with E-state index in [1.807, 2.05) is 0 Å².